The average Bonchev–Trinajstić information content (AvgIpc) is 2.17. The lowest BCUT2D eigenvalue weighted by Crippen LogP contribution is -2.10. The summed E-state index contributed by atoms with van der Waals surface area (Å²) in [6, 6.07) is 3.52. The minimum absolute atomic E-state index is 0.129. The van der Waals surface area contributed by atoms with E-state index in [0.717, 1.165) is 12.1 Å². The molecule has 1 nitrogen and oxygen atoms in total. The van der Waals surface area contributed by atoms with Gasteiger partial charge in [-0.15, -0.1) is 0 Å². The maximum atomic E-state index is 12.8. The van der Waals surface area contributed by atoms with Crippen LogP contribution in [0, 0.1) is 5.82 Å². The summed E-state index contributed by atoms with van der Waals surface area (Å²) >= 11 is 3.04. The van der Waals surface area contributed by atoms with Crippen LogP contribution in [0.25, 0.3) is 0 Å². The lowest BCUT2D eigenvalue weighted by Gasteiger charge is -2.14. The molecule has 0 radical (unpaired) electrons. The maximum absolute atomic E-state index is 12.8. The van der Waals surface area contributed by atoms with E-state index in [9.17, 15) is 22.7 Å². The highest BCUT2D eigenvalue weighted by atomic mass is 79.9. The van der Waals surface area contributed by atoms with Crippen molar-refractivity contribution >= 4 is 15.9 Å². The van der Waals surface area contributed by atoms with E-state index >= 15 is 0 Å². The second kappa shape index (κ2) is 5.14. The van der Waals surface area contributed by atoms with Crippen molar-refractivity contribution in [2.24, 2.45) is 0 Å². The number of alkyl halides is 3. The molecule has 1 atom stereocenters. The maximum Gasteiger partial charge on any atom is 0.389 e. The molecule has 1 aromatic carbocycles. The van der Waals surface area contributed by atoms with Gasteiger partial charge in [0.1, 0.15) is 5.82 Å². The topological polar surface area (TPSA) is 20.2 Å². The summed E-state index contributed by atoms with van der Waals surface area (Å²) in [5.41, 5.74) is 0.129. The predicted molar refractivity (Wildman–Crippen MR) is 54.3 cm³/mol. The zero-order valence-corrected chi connectivity index (χ0v) is 9.65. The fraction of sp³-hybridized carbons (Fsp3) is 0.400. The van der Waals surface area contributed by atoms with Gasteiger partial charge in [-0.2, -0.15) is 13.2 Å². The Balaban J connectivity index is 2.73. The van der Waals surface area contributed by atoms with Crippen molar-refractivity contribution in [3.63, 3.8) is 0 Å². The summed E-state index contributed by atoms with van der Waals surface area (Å²) in [6.45, 7) is 0. The first-order valence-corrected chi connectivity index (χ1v) is 5.28. The van der Waals surface area contributed by atoms with Gasteiger partial charge in [-0.05, 0) is 30.2 Å². The Hall–Kier alpha value is -0.620. The van der Waals surface area contributed by atoms with Crippen LogP contribution in [0.2, 0.25) is 0 Å². The molecule has 0 aromatic heterocycles. The smallest absolute Gasteiger partial charge is 0.388 e. The summed E-state index contributed by atoms with van der Waals surface area (Å²) < 4.78 is 49.0. The Morgan fingerprint density at radius 3 is 2.50 bits per heavy atom. The predicted octanol–water partition coefficient (Wildman–Crippen LogP) is 3.96. The van der Waals surface area contributed by atoms with Gasteiger partial charge < -0.3 is 5.11 Å². The molecule has 0 saturated heterocycles. The number of hydrogen-bond donors (Lipinski definition) is 1. The van der Waals surface area contributed by atoms with Crippen molar-refractivity contribution < 1.29 is 22.7 Å². The van der Waals surface area contributed by atoms with Crippen molar-refractivity contribution in [3.05, 3.63) is 34.1 Å². The highest BCUT2D eigenvalue weighted by Gasteiger charge is 2.28. The van der Waals surface area contributed by atoms with Gasteiger partial charge >= 0.3 is 6.18 Å². The zero-order valence-electron chi connectivity index (χ0n) is 8.06. The van der Waals surface area contributed by atoms with Crippen LogP contribution in [-0.2, 0) is 0 Å². The number of aliphatic hydroxyl groups excluding tert-OH is 1. The van der Waals surface area contributed by atoms with Crippen LogP contribution in [0.3, 0.4) is 0 Å². The van der Waals surface area contributed by atoms with Gasteiger partial charge in [-0.1, -0.05) is 15.9 Å². The van der Waals surface area contributed by atoms with Gasteiger partial charge in [0.2, 0.25) is 0 Å². The Morgan fingerprint density at radius 1 is 1.31 bits per heavy atom. The SMILES string of the molecule is OC(CCC(F)(F)F)c1cc(F)ccc1Br. The number of rotatable bonds is 3. The molecular formula is C10H9BrF4O. The first kappa shape index (κ1) is 13.4. The molecule has 0 aliphatic rings. The van der Waals surface area contributed by atoms with Crippen LogP contribution in [0.5, 0.6) is 0 Å². The molecule has 90 valence electrons. The third-order valence-electron chi connectivity index (χ3n) is 2.02. The van der Waals surface area contributed by atoms with Gasteiger partial charge in [-0.3, -0.25) is 0 Å². The molecule has 0 aliphatic heterocycles. The minimum Gasteiger partial charge on any atom is -0.388 e. The second-order valence-electron chi connectivity index (χ2n) is 3.34. The fourth-order valence-electron chi connectivity index (χ4n) is 1.23. The molecule has 0 fully saturated rings. The Bertz CT molecular complexity index is 364. The standard InChI is InChI=1S/C10H9BrF4O/c11-8-2-1-6(12)5-7(8)9(16)3-4-10(13,14)15/h1-2,5,9,16H,3-4H2. The van der Waals surface area contributed by atoms with Crippen molar-refractivity contribution in [2.45, 2.75) is 25.1 Å². The number of halogens is 5. The van der Waals surface area contributed by atoms with Crippen molar-refractivity contribution in [3.8, 4) is 0 Å². The molecule has 16 heavy (non-hydrogen) atoms. The van der Waals surface area contributed by atoms with Gasteiger partial charge in [0.15, 0.2) is 0 Å². The molecular weight excluding hydrogens is 292 g/mol. The van der Waals surface area contributed by atoms with Gasteiger partial charge in [0.05, 0.1) is 6.10 Å². The molecule has 1 rings (SSSR count). The van der Waals surface area contributed by atoms with Crippen LogP contribution in [-0.4, -0.2) is 11.3 Å². The van der Waals surface area contributed by atoms with Gasteiger partial charge in [0.25, 0.3) is 0 Å². The Labute approximate surface area is 98.2 Å². The number of benzene rings is 1. The monoisotopic (exact) mass is 300 g/mol. The van der Waals surface area contributed by atoms with E-state index in [-0.39, 0.29) is 5.56 Å². The van der Waals surface area contributed by atoms with Crippen molar-refractivity contribution in [1.29, 1.82) is 0 Å². The lowest BCUT2D eigenvalue weighted by atomic mass is 10.0. The minimum atomic E-state index is -4.32. The van der Waals surface area contributed by atoms with Crippen LogP contribution in [0.1, 0.15) is 24.5 Å². The number of hydrogen-bond acceptors (Lipinski definition) is 1. The Morgan fingerprint density at radius 2 is 1.94 bits per heavy atom. The Kier molecular flexibility index (Phi) is 4.32. The summed E-state index contributed by atoms with van der Waals surface area (Å²) in [6.07, 6.45) is -7.23. The largest absolute Gasteiger partial charge is 0.389 e. The molecule has 1 N–H and O–H groups in total. The highest BCUT2D eigenvalue weighted by molar-refractivity contribution is 9.10. The summed E-state index contributed by atoms with van der Waals surface area (Å²) in [5, 5.41) is 9.49. The van der Waals surface area contributed by atoms with E-state index in [1.54, 1.807) is 0 Å². The molecule has 0 amide bonds. The second-order valence-corrected chi connectivity index (χ2v) is 4.19. The molecule has 0 aliphatic carbocycles. The van der Waals surface area contributed by atoms with E-state index in [4.69, 9.17) is 0 Å². The zero-order chi connectivity index (χ0) is 12.3. The third-order valence-corrected chi connectivity index (χ3v) is 2.74. The lowest BCUT2D eigenvalue weighted by molar-refractivity contribution is -0.140. The summed E-state index contributed by atoms with van der Waals surface area (Å²) in [7, 11) is 0. The normalized spacial score (nSPS) is 13.9. The van der Waals surface area contributed by atoms with Crippen LogP contribution >= 0.6 is 15.9 Å². The first-order valence-electron chi connectivity index (χ1n) is 4.49. The summed E-state index contributed by atoms with van der Waals surface area (Å²) in [5.74, 6) is -0.593. The molecule has 0 spiro atoms. The average molecular weight is 301 g/mol. The fourth-order valence-corrected chi connectivity index (χ4v) is 1.74. The highest BCUT2D eigenvalue weighted by Crippen LogP contribution is 2.31. The van der Waals surface area contributed by atoms with Gasteiger partial charge in [-0.25, -0.2) is 4.39 Å². The van der Waals surface area contributed by atoms with Crippen LogP contribution in [0.4, 0.5) is 17.6 Å². The van der Waals surface area contributed by atoms with Crippen LogP contribution < -0.4 is 0 Å². The van der Waals surface area contributed by atoms with Crippen molar-refractivity contribution in [2.75, 3.05) is 0 Å². The van der Waals surface area contributed by atoms with E-state index in [2.05, 4.69) is 15.9 Å². The molecule has 6 heteroatoms. The van der Waals surface area contributed by atoms with Crippen molar-refractivity contribution in [1.82, 2.24) is 0 Å². The molecule has 0 saturated carbocycles. The first-order chi connectivity index (χ1) is 7.29. The molecule has 0 bridgehead atoms. The van der Waals surface area contributed by atoms with E-state index < -0.39 is 30.9 Å². The molecule has 0 heterocycles. The summed E-state index contributed by atoms with van der Waals surface area (Å²) in [4.78, 5) is 0. The van der Waals surface area contributed by atoms with E-state index in [1.807, 2.05) is 0 Å². The quantitative estimate of drug-likeness (QED) is 0.838. The van der Waals surface area contributed by atoms with E-state index in [0.29, 0.717) is 4.47 Å². The molecule has 1 aromatic rings. The number of aliphatic hydroxyl groups is 1. The third kappa shape index (κ3) is 4.09. The van der Waals surface area contributed by atoms with Gasteiger partial charge in [0, 0.05) is 10.9 Å². The van der Waals surface area contributed by atoms with Crippen LogP contribution in [0.15, 0.2) is 22.7 Å². The van der Waals surface area contributed by atoms with E-state index in [1.165, 1.54) is 6.07 Å². The molecule has 1 unspecified atom stereocenters.